The number of anilines is 1. The van der Waals surface area contributed by atoms with Crippen molar-refractivity contribution in [1.82, 2.24) is 0 Å². The van der Waals surface area contributed by atoms with Crippen LogP contribution >= 0.6 is 11.6 Å². The molecule has 1 aliphatic heterocycles. The second-order valence-electron chi connectivity index (χ2n) is 3.55. The zero-order valence-corrected chi connectivity index (χ0v) is 8.87. The van der Waals surface area contributed by atoms with E-state index in [0.29, 0.717) is 18.0 Å². The van der Waals surface area contributed by atoms with Crippen molar-refractivity contribution in [2.75, 3.05) is 11.4 Å². The van der Waals surface area contributed by atoms with Gasteiger partial charge >= 0.3 is 0 Å². The third kappa shape index (κ3) is 1.98. The van der Waals surface area contributed by atoms with Gasteiger partial charge in [0.25, 0.3) is 0 Å². The molecule has 1 atom stereocenters. The predicted octanol–water partition coefficient (Wildman–Crippen LogP) is 2.33. The van der Waals surface area contributed by atoms with Crippen LogP contribution in [0.25, 0.3) is 0 Å². The number of halogens is 1. The van der Waals surface area contributed by atoms with E-state index in [-0.39, 0.29) is 11.8 Å². The van der Waals surface area contributed by atoms with Crippen molar-refractivity contribution in [3.63, 3.8) is 0 Å². The van der Waals surface area contributed by atoms with Gasteiger partial charge in [-0.1, -0.05) is 17.7 Å². The Bertz CT molecular complexity index is 435. The first-order valence-electron chi connectivity index (χ1n) is 4.73. The minimum Gasteiger partial charge on any atom is -0.311 e. The standard InChI is InChI=1S/C12H10ClNO/c1-2-9-6-12(15)14(8-9)11-5-3-4-10(13)7-11/h1,3-5,7,9H,6,8H2. The third-order valence-electron chi connectivity index (χ3n) is 2.48. The molecule has 0 saturated carbocycles. The molecule has 0 aliphatic carbocycles. The summed E-state index contributed by atoms with van der Waals surface area (Å²) >= 11 is 5.86. The zero-order valence-electron chi connectivity index (χ0n) is 8.11. The summed E-state index contributed by atoms with van der Waals surface area (Å²) in [5.41, 5.74) is 0.824. The Kier molecular flexibility index (Phi) is 2.66. The molecule has 15 heavy (non-hydrogen) atoms. The van der Waals surface area contributed by atoms with E-state index in [4.69, 9.17) is 18.0 Å². The first-order valence-corrected chi connectivity index (χ1v) is 5.10. The quantitative estimate of drug-likeness (QED) is 0.664. The van der Waals surface area contributed by atoms with Crippen LogP contribution in [0, 0.1) is 18.3 Å². The summed E-state index contributed by atoms with van der Waals surface area (Å²) in [6.45, 7) is 0.593. The number of hydrogen-bond donors (Lipinski definition) is 0. The molecule has 1 heterocycles. The number of hydrogen-bond acceptors (Lipinski definition) is 1. The van der Waals surface area contributed by atoms with Crippen LogP contribution in [-0.2, 0) is 4.79 Å². The third-order valence-corrected chi connectivity index (χ3v) is 2.72. The summed E-state index contributed by atoms with van der Waals surface area (Å²) in [6.07, 6.45) is 5.74. The normalized spacial score (nSPS) is 20.4. The van der Waals surface area contributed by atoms with E-state index in [1.165, 1.54) is 0 Å². The van der Waals surface area contributed by atoms with Gasteiger partial charge in [-0.3, -0.25) is 4.79 Å². The van der Waals surface area contributed by atoms with Crippen LogP contribution in [0.2, 0.25) is 5.02 Å². The van der Waals surface area contributed by atoms with Crippen molar-refractivity contribution in [3.05, 3.63) is 29.3 Å². The fourth-order valence-electron chi connectivity index (χ4n) is 1.71. The van der Waals surface area contributed by atoms with Crippen LogP contribution in [0.15, 0.2) is 24.3 Å². The number of amides is 1. The number of terminal acetylenes is 1. The van der Waals surface area contributed by atoms with E-state index in [2.05, 4.69) is 5.92 Å². The van der Waals surface area contributed by atoms with Crippen molar-refractivity contribution in [3.8, 4) is 12.3 Å². The first-order chi connectivity index (χ1) is 7.20. The van der Waals surface area contributed by atoms with Gasteiger partial charge in [0.2, 0.25) is 5.91 Å². The molecule has 1 aromatic rings. The van der Waals surface area contributed by atoms with E-state index in [1.54, 1.807) is 17.0 Å². The van der Waals surface area contributed by atoms with E-state index in [0.717, 1.165) is 5.69 Å². The summed E-state index contributed by atoms with van der Waals surface area (Å²) in [5.74, 6) is 2.71. The molecule has 1 aliphatic rings. The van der Waals surface area contributed by atoms with Crippen LogP contribution < -0.4 is 4.90 Å². The highest BCUT2D eigenvalue weighted by atomic mass is 35.5. The van der Waals surface area contributed by atoms with Crippen LogP contribution in [-0.4, -0.2) is 12.5 Å². The summed E-state index contributed by atoms with van der Waals surface area (Å²) in [7, 11) is 0. The van der Waals surface area contributed by atoms with Crippen molar-refractivity contribution in [2.24, 2.45) is 5.92 Å². The van der Waals surface area contributed by atoms with Crippen LogP contribution in [0.1, 0.15) is 6.42 Å². The molecule has 76 valence electrons. The van der Waals surface area contributed by atoms with Gasteiger partial charge in [-0.05, 0) is 18.2 Å². The van der Waals surface area contributed by atoms with Gasteiger partial charge in [0, 0.05) is 29.6 Å². The molecule has 0 radical (unpaired) electrons. The Morgan fingerprint density at radius 1 is 1.53 bits per heavy atom. The van der Waals surface area contributed by atoms with E-state index in [9.17, 15) is 4.79 Å². The smallest absolute Gasteiger partial charge is 0.228 e. The van der Waals surface area contributed by atoms with Crippen molar-refractivity contribution in [1.29, 1.82) is 0 Å². The zero-order chi connectivity index (χ0) is 10.8. The number of benzene rings is 1. The Hall–Kier alpha value is -1.46. The lowest BCUT2D eigenvalue weighted by Gasteiger charge is -2.15. The highest BCUT2D eigenvalue weighted by Crippen LogP contribution is 2.26. The van der Waals surface area contributed by atoms with Crippen LogP contribution in [0.4, 0.5) is 5.69 Å². The molecular weight excluding hydrogens is 210 g/mol. The van der Waals surface area contributed by atoms with Gasteiger partial charge in [-0.2, -0.15) is 0 Å². The second-order valence-corrected chi connectivity index (χ2v) is 3.99. The fraction of sp³-hybridized carbons (Fsp3) is 0.250. The topological polar surface area (TPSA) is 20.3 Å². The molecule has 1 unspecified atom stereocenters. The predicted molar refractivity (Wildman–Crippen MR) is 60.7 cm³/mol. The lowest BCUT2D eigenvalue weighted by molar-refractivity contribution is -0.117. The van der Waals surface area contributed by atoms with Crippen LogP contribution in [0.3, 0.4) is 0 Å². The summed E-state index contributed by atoms with van der Waals surface area (Å²) in [6, 6.07) is 7.25. The molecule has 0 N–H and O–H groups in total. The van der Waals surface area contributed by atoms with Crippen molar-refractivity contribution >= 4 is 23.2 Å². The number of carbonyl (C=O) groups is 1. The minimum atomic E-state index is 0.0245. The van der Waals surface area contributed by atoms with Crippen molar-refractivity contribution in [2.45, 2.75) is 6.42 Å². The molecular formula is C12H10ClNO. The fourth-order valence-corrected chi connectivity index (χ4v) is 1.90. The molecule has 0 bridgehead atoms. The number of rotatable bonds is 1. The van der Waals surface area contributed by atoms with E-state index < -0.39 is 0 Å². The molecule has 1 amide bonds. The Labute approximate surface area is 93.8 Å². The van der Waals surface area contributed by atoms with Crippen molar-refractivity contribution < 1.29 is 4.79 Å². The number of nitrogens with zero attached hydrogens (tertiary/aromatic N) is 1. The maximum atomic E-state index is 11.6. The van der Waals surface area contributed by atoms with Gasteiger partial charge < -0.3 is 4.90 Å². The molecule has 2 rings (SSSR count). The number of carbonyl (C=O) groups excluding carboxylic acids is 1. The lowest BCUT2D eigenvalue weighted by Crippen LogP contribution is -2.24. The Morgan fingerprint density at radius 3 is 2.93 bits per heavy atom. The van der Waals surface area contributed by atoms with Gasteiger partial charge in [0.05, 0.1) is 0 Å². The lowest BCUT2D eigenvalue weighted by atomic mass is 10.1. The van der Waals surface area contributed by atoms with Crippen LogP contribution in [0.5, 0.6) is 0 Å². The Morgan fingerprint density at radius 2 is 2.33 bits per heavy atom. The molecule has 3 heteroatoms. The molecule has 1 fully saturated rings. The Balaban J connectivity index is 2.26. The summed E-state index contributed by atoms with van der Waals surface area (Å²) < 4.78 is 0. The van der Waals surface area contributed by atoms with E-state index in [1.807, 2.05) is 12.1 Å². The van der Waals surface area contributed by atoms with E-state index >= 15 is 0 Å². The maximum absolute atomic E-state index is 11.6. The van der Waals surface area contributed by atoms with Gasteiger partial charge in [-0.15, -0.1) is 12.3 Å². The molecule has 0 spiro atoms. The average Bonchev–Trinajstić information content (AvgIpc) is 2.60. The van der Waals surface area contributed by atoms with Gasteiger partial charge in [-0.25, -0.2) is 0 Å². The molecule has 2 nitrogen and oxygen atoms in total. The van der Waals surface area contributed by atoms with Gasteiger partial charge in [0.1, 0.15) is 0 Å². The molecule has 1 aromatic carbocycles. The summed E-state index contributed by atoms with van der Waals surface area (Å²) in [4.78, 5) is 13.3. The average molecular weight is 220 g/mol. The second kappa shape index (κ2) is 3.96. The SMILES string of the molecule is C#CC1CC(=O)N(c2cccc(Cl)c2)C1. The molecule has 0 aromatic heterocycles. The minimum absolute atomic E-state index is 0.0245. The highest BCUT2D eigenvalue weighted by molar-refractivity contribution is 6.30. The highest BCUT2D eigenvalue weighted by Gasteiger charge is 2.29. The van der Waals surface area contributed by atoms with Gasteiger partial charge in [0.15, 0.2) is 0 Å². The summed E-state index contributed by atoms with van der Waals surface area (Å²) in [5, 5.41) is 0.629. The molecule has 1 saturated heterocycles. The first kappa shape index (κ1) is 10.1. The largest absolute Gasteiger partial charge is 0.311 e. The monoisotopic (exact) mass is 219 g/mol. The maximum Gasteiger partial charge on any atom is 0.228 e.